The number of halogens is 1. The molecule has 0 amide bonds. The molecular formula is C16H20ClN3. The Balaban J connectivity index is 2.05. The zero-order valence-corrected chi connectivity index (χ0v) is 12.6. The first-order valence-electron chi connectivity index (χ1n) is 6.91. The van der Waals surface area contributed by atoms with E-state index in [1.807, 2.05) is 36.5 Å². The summed E-state index contributed by atoms with van der Waals surface area (Å²) in [5.41, 5.74) is 2.21. The fourth-order valence-corrected chi connectivity index (χ4v) is 2.18. The number of aromatic nitrogens is 1. The van der Waals surface area contributed by atoms with Crippen LogP contribution in [0, 0.1) is 0 Å². The number of benzene rings is 1. The molecule has 1 unspecified atom stereocenters. The first kappa shape index (κ1) is 14.7. The van der Waals surface area contributed by atoms with Gasteiger partial charge in [-0.15, -0.1) is 0 Å². The molecule has 0 bridgehead atoms. The van der Waals surface area contributed by atoms with Gasteiger partial charge in [-0.25, -0.2) is 4.98 Å². The number of pyridine rings is 1. The quantitative estimate of drug-likeness (QED) is 0.807. The van der Waals surface area contributed by atoms with E-state index in [0.29, 0.717) is 0 Å². The second-order valence-corrected chi connectivity index (χ2v) is 5.21. The SMILES string of the molecule is CCCNc1cc(NC(C)c2cccc(Cl)c2)ccn1. The van der Waals surface area contributed by atoms with Gasteiger partial charge in [0, 0.05) is 35.6 Å². The Bertz CT molecular complexity index is 557. The summed E-state index contributed by atoms with van der Waals surface area (Å²) in [5, 5.41) is 7.51. The highest BCUT2D eigenvalue weighted by Crippen LogP contribution is 2.22. The lowest BCUT2D eigenvalue weighted by Gasteiger charge is -2.16. The molecule has 1 aromatic carbocycles. The molecule has 2 aromatic rings. The minimum Gasteiger partial charge on any atom is -0.378 e. The van der Waals surface area contributed by atoms with Crippen molar-refractivity contribution in [2.45, 2.75) is 26.3 Å². The Hall–Kier alpha value is -1.74. The highest BCUT2D eigenvalue weighted by atomic mass is 35.5. The second kappa shape index (κ2) is 7.15. The topological polar surface area (TPSA) is 37.0 Å². The molecule has 3 nitrogen and oxygen atoms in total. The van der Waals surface area contributed by atoms with Crippen molar-refractivity contribution in [1.82, 2.24) is 4.98 Å². The largest absolute Gasteiger partial charge is 0.378 e. The molecule has 106 valence electrons. The van der Waals surface area contributed by atoms with Gasteiger partial charge in [0.05, 0.1) is 0 Å². The lowest BCUT2D eigenvalue weighted by Crippen LogP contribution is -2.08. The maximum Gasteiger partial charge on any atom is 0.127 e. The summed E-state index contributed by atoms with van der Waals surface area (Å²) < 4.78 is 0. The molecule has 2 N–H and O–H groups in total. The van der Waals surface area contributed by atoms with E-state index in [4.69, 9.17) is 11.6 Å². The van der Waals surface area contributed by atoms with Crippen molar-refractivity contribution in [3.8, 4) is 0 Å². The molecule has 0 fully saturated rings. The van der Waals surface area contributed by atoms with Crippen LogP contribution in [0.3, 0.4) is 0 Å². The molecule has 0 aliphatic heterocycles. The number of nitrogens with zero attached hydrogens (tertiary/aromatic N) is 1. The van der Waals surface area contributed by atoms with Crippen LogP contribution in [-0.4, -0.2) is 11.5 Å². The van der Waals surface area contributed by atoms with Crippen molar-refractivity contribution >= 4 is 23.1 Å². The van der Waals surface area contributed by atoms with Crippen LogP contribution in [0.2, 0.25) is 5.02 Å². The van der Waals surface area contributed by atoms with Gasteiger partial charge in [0.2, 0.25) is 0 Å². The molecule has 1 atom stereocenters. The van der Waals surface area contributed by atoms with Gasteiger partial charge in [-0.1, -0.05) is 30.7 Å². The lowest BCUT2D eigenvalue weighted by molar-refractivity contribution is 0.883. The molecule has 20 heavy (non-hydrogen) atoms. The highest BCUT2D eigenvalue weighted by Gasteiger charge is 2.06. The predicted octanol–water partition coefficient (Wildman–Crippen LogP) is 4.73. The number of anilines is 2. The molecule has 0 saturated carbocycles. The van der Waals surface area contributed by atoms with E-state index in [2.05, 4.69) is 35.5 Å². The molecule has 0 spiro atoms. The normalized spacial score (nSPS) is 11.9. The van der Waals surface area contributed by atoms with Crippen molar-refractivity contribution in [3.63, 3.8) is 0 Å². The van der Waals surface area contributed by atoms with Crippen LogP contribution in [0.15, 0.2) is 42.6 Å². The molecule has 4 heteroatoms. The molecule has 1 heterocycles. The zero-order chi connectivity index (χ0) is 14.4. The van der Waals surface area contributed by atoms with Crippen LogP contribution in [0.25, 0.3) is 0 Å². The predicted molar refractivity (Wildman–Crippen MR) is 86.5 cm³/mol. The van der Waals surface area contributed by atoms with Crippen molar-refractivity contribution in [2.75, 3.05) is 17.2 Å². The minimum atomic E-state index is 0.190. The lowest BCUT2D eigenvalue weighted by atomic mass is 10.1. The van der Waals surface area contributed by atoms with E-state index in [1.165, 1.54) is 0 Å². The van der Waals surface area contributed by atoms with Crippen molar-refractivity contribution in [3.05, 3.63) is 53.2 Å². The third kappa shape index (κ3) is 4.14. The Kier molecular flexibility index (Phi) is 5.24. The number of hydrogen-bond acceptors (Lipinski definition) is 3. The van der Waals surface area contributed by atoms with Crippen LogP contribution >= 0.6 is 11.6 Å². The van der Waals surface area contributed by atoms with Crippen LogP contribution in [0.5, 0.6) is 0 Å². The molecule has 0 aliphatic rings. The van der Waals surface area contributed by atoms with Crippen LogP contribution in [-0.2, 0) is 0 Å². The summed E-state index contributed by atoms with van der Waals surface area (Å²) in [4.78, 5) is 4.30. The fraction of sp³-hybridized carbons (Fsp3) is 0.312. The number of rotatable bonds is 6. The highest BCUT2D eigenvalue weighted by molar-refractivity contribution is 6.30. The van der Waals surface area contributed by atoms with Crippen LogP contribution < -0.4 is 10.6 Å². The van der Waals surface area contributed by atoms with E-state index >= 15 is 0 Å². The third-order valence-electron chi connectivity index (χ3n) is 3.05. The van der Waals surface area contributed by atoms with Gasteiger partial charge >= 0.3 is 0 Å². The second-order valence-electron chi connectivity index (χ2n) is 4.78. The molecule has 2 rings (SSSR count). The van der Waals surface area contributed by atoms with Crippen LogP contribution in [0.4, 0.5) is 11.5 Å². The summed E-state index contributed by atoms with van der Waals surface area (Å²) in [7, 11) is 0. The van der Waals surface area contributed by atoms with Crippen molar-refractivity contribution < 1.29 is 0 Å². The molecule has 1 aromatic heterocycles. The number of hydrogen-bond donors (Lipinski definition) is 2. The Morgan fingerprint density at radius 1 is 1.25 bits per heavy atom. The number of nitrogens with one attached hydrogen (secondary N) is 2. The maximum atomic E-state index is 6.03. The Labute approximate surface area is 125 Å². The maximum absolute atomic E-state index is 6.03. The molecular weight excluding hydrogens is 270 g/mol. The van der Waals surface area contributed by atoms with Gasteiger partial charge in [0.25, 0.3) is 0 Å². The van der Waals surface area contributed by atoms with Gasteiger partial charge in [0.15, 0.2) is 0 Å². The van der Waals surface area contributed by atoms with Gasteiger partial charge < -0.3 is 10.6 Å². The summed E-state index contributed by atoms with van der Waals surface area (Å²) in [6, 6.07) is 12.1. The van der Waals surface area contributed by atoms with E-state index < -0.39 is 0 Å². The van der Waals surface area contributed by atoms with E-state index in [0.717, 1.165) is 35.1 Å². The molecule has 0 radical (unpaired) electrons. The summed E-state index contributed by atoms with van der Waals surface area (Å²) >= 11 is 6.03. The Morgan fingerprint density at radius 2 is 2.10 bits per heavy atom. The first-order chi connectivity index (χ1) is 9.69. The smallest absolute Gasteiger partial charge is 0.127 e. The molecule has 0 aliphatic carbocycles. The van der Waals surface area contributed by atoms with Gasteiger partial charge in [-0.05, 0) is 37.1 Å². The van der Waals surface area contributed by atoms with Crippen molar-refractivity contribution in [1.29, 1.82) is 0 Å². The van der Waals surface area contributed by atoms with Crippen LogP contribution in [0.1, 0.15) is 31.9 Å². The van der Waals surface area contributed by atoms with Gasteiger partial charge in [-0.2, -0.15) is 0 Å². The monoisotopic (exact) mass is 289 g/mol. The average Bonchev–Trinajstić information content (AvgIpc) is 2.45. The first-order valence-corrected chi connectivity index (χ1v) is 7.28. The summed E-state index contributed by atoms with van der Waals surface area (Å²) in [5.74, 6) is 0.898. The summed E-state index contributed by atoms with van der Waals surface area (Å²) in [6.07, 6.45) is 2.89. The van der Waals surface area contributed by atoms with Gasteiger partial charge in [-0.3, -0.25) is 0 Å². The van der Waals surface area contributed by atoms with E-state index in [-0.39, 0.29) is 6.04 Å². The zero-order valence-electron chi connectivity index (χ0n) is 11.9. The summed E-state index contributed by atoms with van der Waals surface area (Å²) in [6.45, 7) is 5.18. The fourth-order valence-electron chi connectivity index (χ4n) is 1.98. The average molecular weight is 290 g/mol. The third-order valence-corrected chi connectivity index (χ3v) is 3.28. The minimum absolute atomic E-state index is 0.190. The Morgan fingerprint density at radius 3 is 2.85 bits per heavy atom. The van der Waals surface area contributed by atoms with Crippen molar-refractivity contribution in [2.24, 2.45) is 0 Å². The molecule has 0 saturated heterocycles. The standard InChI is InChI=1S/C16H20ClN3/c1-3-8-18-16-11-15(7-9-19-16)20-12(2)13-5-4-6-14(17)10-13/h4-7,9-12H,3,8H2,1-2H3,(H2,18,19,20). The van der Waals surface area contributed by atoms with E-state index in [1.54, 1.807) is 0 Å². The van der Waals surface area contributed by atoms with E-state index in [9.17, 15) is 0 Å². The van der Waals surface area contributed by atoms with Gasteiger partial charge in [0.1, 0.15) is 5.82 Å².